The molecule has 0 aromatic carbocycles. The molecule has 63 heavy (non-hydrogen) atoms. The Bertz CT molecular complexity index is 1110. The van der Waals surface area contributed by atoms with Gasteiger partial charge in [-0.1, -0.05) is 223 Å². The number of unbranched alkanes of at least 4 members (excludes halogenated alkanes) is 30. The van der Waals surface area contributed by atoms with E-state index in [0.29, 0.717) is 19.3 Å². The van der Waals surface area contributed by atoms with E-state index in [0.717, 1.165) is 96.3 Å². The van der Waals surface area contributed by atoms with Crippen molar-refractivity contribution in [1.29, 1.82) is 0 Å². The molecule has 0 saturated carbocycles. The molecule has 0 spiro atoms. The van der Waals surface area contributed by atoms with E-state index in [-0.39, 0.29) is 31.1 Å². The van der Waals surface area contributed by atoms with Crippen molar-refractivity contribution in [3.05, 3.63) is 48.6 Å². The minimum absolute atomic E-state index is 0.0789. The van der Waals surface area contributed by atoms with Gasteiger partial charge >= 0.3 is 17.9 Å². The second-order valence-corrected chi connectivity index (χ2v) is 18.1. The maximum atomic E-state index is 12.8. The largest absolute Gasteiger partial charge is 0.462 e. The molecule has 0 amide bonds. The number of hydrogen-bond acceptors (Lipinski definition) is 6. The topological polar surface area (TPSA) is 78.9 Å². The average molecular weight is 883 g/mol. The minimum Gasteiger partial charge on any atom is -0.462 e. The van der Waals surface area contributed by atoms with Crippen molar-refractivity contribution in [2.24, 2.45) is 0 Å². The first-order chi connectivity index (χ1) is 31.0. The van der Waals surface area contributed by atoms with E-state index in [2.05, 4.69) is 69.4 Å². The summed E-state index contributed by atoms with van der Waals surface area (Å²) in [4.78, 5) is 38.0. The van der Waals surface area contributed by atoms with Gasteiger partial charge in [0.15, 0.2) is 6.10 Å². The van der Waals surface area contributed by atoms with E-state index in [4.69, 9.17) is 14.2 Å². The van der Waals surface area contributed by atoms with Gasteiger partial charge in [-0.15, -0.1) is 0 Å². The number of carbonyl (C=O) groups excluding carboxylic acids is 3. The van der Waals surface area contributed by atoms with Crippen LogP contribution in [0.15, 0.2) is 48.6 Å². The molecule has 0 aliphatic heterocycles. The van der Waals surface area contributed by atoms with Crippen molar-refractivity contribution >= 4 is 17.9 Å². The number of rotatable bonds is 49. The van der Waals surface area contributed by atoms with Gasteiger partial charge in [0.1, 0.15) is 13.2 Å². The quantitative estimate of drug-likeness (QED) is 0.0262. The fourth-order valence-electron chi connectivity index (χ4n) is 7.68. The van der Waals surface area contributed by atoms with Gasteiger partial charge in [-0.2, -0.15) is 0 Å². The maximum absolute atomic E-state index is 12.8. The monoisotopic (exact) mass is 883 g/mol. The molecule has 0 rings (SSSR count). The Morgan fingerprint density at radius 2 is 0.571 bits per heavy atom. The van der Waals surface area contributed by atoms with Crippen molar-refractivity contribution in [2.45, 2.75) is 284 Å². The molecule has 366 valence electrons. The van der Waals surface area contributed by atoms with Crippen LogP contribution in [0.1, 0.15) is 278 Å². The Kier molecular flexibility index (Phi) is 49.8. The molecule has 0 aliphatic carbocycles. The molecule has 0 radical (unpaired) electrons. The lowest BCUT2D eigenvalue weighted by Crippen LogP contribution is -2.30. The van der Waals surface area contributed by atoms with E-state index in [9.17, 15) is 14.4 Å². The molecule has 6 nitrogen and oxygen atoms in total. The Balaban J connectivity index is 4.39. The third-order valence-corrected chi connectivity index (χ3v) is 11.8. The lowest BCUT2D eigenvalue weighted by molar-refractivity contribution is -0.167. The van der Waals surface area contributed by atoms with Gasteiger partial charge in [0.2, 0.25) is 0 Å². The SMILES string of the molecule is CCCCC/C=C\C/C=C\CCCCCCCCCC(=O)OC[C@H](COC(=O)CCCCCCCCCCCCCCC)OC(=O)CCCCCCC/C=C\C/C=C\CCCCC. The van der Waals surface area contributed by atoms with Crippen molar-refractivity contribution in [3.8, 4) is 0 Å². The predicted octanol–water partition coefficient (Wildman–Crippen LogP) is 17.9. The maximum Gasteiger partial charge on any atom is 0.306 e. The number of ether oxygens (including phenoxy) is 3. The van der Waals surface area contributed by atoms with E-state index < -0.39 is 6.10 Å². The molecule has 0 aromatic heterocycles. The molecule has 0 bridgehead atoms. The minimum atomic E-state index is -0.781. The summed E-state index contributed by atoms with van der Waals surface area (Å²) in [5.41, 5.74) is 0. The highest BCUT2D eigenvalue weighted by Gasteiger charge is 2.19. The van der Waals surface area contributed by atoms with Gasteiger partial charge in [-0.25, -0.2) is 0 Å². The molecule has 0 fully saturated rings. The van der Waals surface area contributed by atoms with Gasteiger partial charge in [0.05, 0.1) is 0 Å². The first-order valence-electron chi connectivity index (χ1n) is 27.1. The first kappa shape index (κ1) is 60.4. The van der Waals surface area contributed by atoms with Crippen molar-refractivity contribution in [1.82, 2.24) is 0 Å². The highest BCUT2D eigenvalue weighted by atomic mass is 16.6. The molecular formula is C57H102O6. The van der Waals surface area contributed by atoms with Gasteiger partial charge in [0, 0.05) is 19.3 Å². The summed E-state index contributed by atoms with van der Waals surface area (Å²) in [6.45, 7) is 6.59. The van der Waals surface area contributed by atoms with Gasteiger partial charge in [-0.3, -0.25) is 14.4 Å². The summed E-state index contributed by atoms with van der Waals surface area (Å²) in [5, 5.41) is 0. The van der Waals surface area contributed by atoms with E-state index >= 15 is 0 Å². The van der Waals surface area contributed by atoms with Crippen LogP contribution in [0.2, 0.25) is 0 Å². The third kappa shape index (κ3) is 50.2. The van der Waals surface area contributed by atoms with Crippen molar-refractivity contribution in [2.75, 3.05) is 13.2 Å². The van der Waals surface area contributed by atoms with Gasteiger partial charge < -0.3 is 14.2 Å². The smallest absolute Gasteiger partial charge is 0.306 e. The number of allylic oxidation sites excluding steroid dienone is 8. The van der Waals surface area contributed by atoms with Crippen LogP contribution in [-0.2, 0) is 28.6 Å². The fourth-order valence-corrected chi connectivity index (χ4v) is 7.68. The van der Waals surface area contributed by atoms with Crippen LogP contribution >= 0.6 is 0 Å². The van der Waals surface area contributed by atoms with Crippen LogP contribution in [0.5, 0.6) is 0 Å². The summed E-state index contributed by atoms with van der Waals surface area (Å²) >= 11 is 0. The molecule has 0 heterocycles. The molecule has 6 heteroatoms. The lowest BCUT2D eigenvalue weighted by atomic mass is 10.0. The second-order valence-electron chi connectivity index (χ2n) is 18.1. The molecule has 0 saturated heterocycles. The molecule has 0 unspecified atom stereocenters. The highest BCUT2D eigenvalue weighted by Crippen LogP contribution is 2.15. The summed E-state index contributed by atoms with van der Waals surface area (Å²) in [5.74, 6) is -0.891. The molecule has 0 aliphatic rings. The zero-order chi connectivity index (χ0) is 45.8. The van der Waals surface area contributed by atoms with E-state index in [1.165, 1.54) is 141 Å². The first-order valence-corrected chi connectivity index (χ1v) is 27.1. The van der Waals surface area contributed by atoms with Crippen LogP contribution < -0.4 is 0 Å². The van der Waals surface area contributed by atoms with Crippen molar-refractivity contribution < 1.29 is 28.6 Å². The number of esters is 3. The summed E-state index contributed by atoms with van der Waals surface area (Å²) in [7, 11) is 0. The molecular weight excluding hydrogens is 781 g/mol. The van der Waals surface area contributed by atoms with Crippen LogP contribution in [0.4, 0.5) is 0 Å². The van der Waals surface area contributed by atoms with Crippen LogP contribution in [0.3, 0.4) is 0 Å². The van der Waals surface area contributed by atoms with E-state index in [1.807, 2.05) is 0 Å². The summed E-state index contributed by atoms with van der Waals surface area (Å²) in [6.07, 6.45) is 62.3. The Morgan fingerprint density at radius 3 is 0.905 bits per heavy atom. The summed E-state index contributed by atoms with van der Waals surface area (Å²) < 4.78 is 16.8. The lowest BCUT2D eigenvalue weighted by Gasteiger charge is -2.18. The van der Waals surface area contributed by atoms with Crippen molar-refractivity contribution in [3.63, 3.8) is 0 Å². The fraction of sp³-hybridized carbons (Fsp3) is 0.807. The standard InChI is InChI=1S/C57H102O6/c1-4-7-10-13-16-19-22-25-27-28-30-32-35-38-41-44-47-50-56(59)62-53-54(52-61-55(58)49-46-43-40-37-34-31-24-21-18-15-12-9-6-3)63-57(60)51-48-45-42-39-36-33-29-26-23-20-17-14-11-8-5-2/h16-17,19-20,25-27,29,54H,4-15,18,21-24,28,30-53H2,1-3H3/b19-16-,20-17-,27-25-,29-26-/t54-/m0/s1. The number of carbonyl (C=O) groups is 3. The Morgan fingerprint density at radius 1 is 0.317 bits per heavy atom. The number of hydrogen-bond donors (Lipinski definition) is 0. The van der Waals surface area contributed by atoms with Gasteiger partial charge in [-0.05, 0) is 83.5 Å². The third-order valence-electron chi connectivity index (χ3n) is 11.8. The molecule has 0 aromatic rings. The highest BCUT2D eigenvalue weighted by molar-refractivity contribution is 5.71. The van der Waals surface area contributed by atoms with Crippen LogP contribution in [0.25, 0.3) is 0 Å². The molecule has 1 atom stereocenters. The summed E-state index contributed by atoms with van der Waals surface area (Å²) in [6, 6.07) is 0. The predicted molar refractivity (Wildman–Crippen MR) is 270 cm³/mol. The zero-order valence-corrected chi connectivity index (χ0v) is 41.8. The van der Waals surface area contributed by atoms with Gasteiger partial charge in [0.25, 0.3) is 0 Å². The normalized spacial score (nSPS) is 12.4. The second kappa shape index (κ2) is 52.0. The molecule has 0 N–H and O–H groups in total. The Labute approximate surface area is 390 Å². The van der Waals surface area contributed by atoms with E-state index in [1.54, 1.807) is 0 Å². The Hall–Kier alpha value is -2.63. The zero-order valence-electron chi connectivity index (χ0n) is 41.8. The van der Waals surface area contributed by atoms with Crippen LogP contribution in [-0.4, -0.2) is 37.2 Å². The average Bonchev–Trinajstić information content (AvgIpc) is 3.28. The van der Waals surface area contributed by atoms with Crippen LogP contribution in [0, 0.1) is 0 Å².